The van der Waals surface area contributed by atoms with Gasteiger partial charge >= 0.3 is 0 Å². The van der Waals surface area contributed by atoms with Crippen LogP contribution in [0.5, 0.6) is 5.75 Å². The zero-order valence-electron chi connectivity index (χ0n) is 16.6. The maximum absolute atomic E-state index is 6.13. The van der Waals surface area contributed by atoms with E-state index in [-0.39, 0.29) is 6.10 Å². The van der Waals surface area contributed by atoms with Crippen LogP contribution in [0.25, 0.3) is 27.5 Å². The molecule has 2 aromatic heterocycles. The molecule has 0 saturated carbocycles. The van der Waals surface area contributed by atoms with Crippen molar-refractivity contribution in [2.24, 2.45) is 0 Å². The fraction of sp³-hybridized carbons (Fsp3) is 0.115. The maximum atomic E-state index is 6.13. The molecule has 0 radical (unpaired) electrons. The Morgan fingerprint density at radius 2 is 1.83 bits per heavy atom. The molecule has 0 spiro atoms. The Morgan fingerprint density at radius 1 is 1.00 bits per heavy atom. The van der Waals surface area contributed by atoms with E-state index in [4.69, 9.17) is 9.72 Å². The van der Waals surface area contributed by atoms with E-state index in [1.54, 1.807) is 11.3 Å². The summed E-state index contributed by atoms with van der Waals surface area (Å²) >= 11 is 1.78. The van der Waals surface area contributed by atoms with Crippen molar-refractivity contribution in [2.75, 3.05) is 0 Å². The third-order valence-corrected chi connectivity index (χ3v) is 6.67. The second kappa shape index (κ2) is 6.85. The molecule has 1 unspecified atom stereocenters. The second-order valence-electron chi connectivity index (χ2n) is 7.66. The fourth-order valence-corrected chi connectivity index (χ4v) is 5.07. The predicted molar refractivity (Wildman–Crippen MR) is 123 cm³/mol. The van der Waals surface area contributed by atoms with E-state index in [0.717, 1.165) is 34.9 Å². The van der Waals surface area contributed by atoms with Crippen LogP contribution in [0, 0.1) is 6.92 Å². The van der Waals surface area contributed by atoms with E-state index >= 15 is 0 Å². The standard InChI is InChI=1S/C26H20N2OS/c1-17-11-14-25(30-17)26-27-22(16-28(26)19-7-3-2-4-8-19)18-12-13-24-21(15-18)20-9-5-6-10-23(20)29-24/h2-12,14-16,24H,13H2,1H3. The molecule has 1 aliphatic carbocycles. The topological polar surface area (TPSA) is 27.1 Å². The molecule has 2 aromatic carbocycles. The number of nitrogens with zero attached hydrogens (tertiary/aromatic N) is 2. The zero-order chi connectivity index (χ0) is 20.1. The molecule has 3 heterocycles. The molecule has 146 valence electrons. The van der Waals surface area contributed by atoms with Crippen molar-refractivity contribution in [1.29, 1.82) is 0 Å². The monoisotopic (exact) mass is 408 g/mol. The first-order valence-electron chi connectivity index (χ1n) is 10.2. The summed E-state index contributed by atoms with van der Waals surface area (Å²) in [4.78, 5) is 7.55. The molecule has 0 N–H and O–H groups in total. The number of aryl methyl sites for hydroxylation is 1. The van der Waals surface area contributed by atoms with E-state index in [1.807, 2.05) is 12.1 Å². The number of hydrogen-bond donors (Lipinski definition) is 0. The van der Waals surface area contributed by atoms with E-state index in [1.165, 1.54) is 20.9 Å². The van der Waals surface area contributed by atoms with Crippen molar-refractivity contribution in [1.82, 2.24) is 9.55 Å². The van der Waals surface area contributed by atoms with Crippen molar-refractivity contribution in [3.63, 3.8) is 0 Å². The third-order valence-electron chi connectivity index (χ3n) is 5.67. The number of hydrogen-bond acceptors (Lipinski definition) is 3. The molecule has 1 aliphatic heterocycles. The molecule has 0 saturated heterocycles. The molecule has 3 nitrogen and oxygen atoms in total. The minimum atomic E-state index is 0.113. The van der Waals surface area contributed by atoms with Gasteiger partial charge in [-0.3, -0.25) is 4.57 Å². The summed E-state index contributed by atoms with van der Waals surface area (Å²) in [5.41, 5.74) is 5.73. The lowest BCUT2D eigenvalue weighted by Gasteiger charge is -2.16. The number of thiophene rings is 1. The lowest BCUT2D eigenvalue weighted by atomic mass is 9.92. The third kappa shape index (κ3) is 2.84. The van der Waals surface area contributed by atoms with Gasteiger partial charge in [-0.05, 0) is 48.9 Å². The van der Waals surface area contributed by atoms with Crippen LogP contribution in [0.15, 0.2) is 85.1 Å². The number of para-hydroxylation sites is 2. The van der Waals surface area contributed by atoms with E-state index < -0.39 is 0 Å². The van der Waals surface area contributed by atoms with Gasteiger partial charge in [0.05, 0.1) is 10.6 Å². The van der Waals surface area contributed by atoms with Gasteiger partial charge in [0, 0.05) is 34.3 Å². The molecule has 0 fully saturated rings. The summed E-state index contributed by atoms with van der Waals surface area (Å²) in [6.07, 6.45) is 7.64. The van der Waals surface area contributed by atoms with Crippen LogP contribution < -0.4 is 4.74 Å². The highest BCUT2D eigenvalue weighted by Crippen LogP contribution is 2.43. The number of ether oxygens (including phenoxy) is 1. The van der Waals surface area contributed by atoms with Gasteiger partial charge in [0.25, 0.3) is 0 Å². The molecule has 0 amide bonds. The summed E-state index contributed by atoms with van der Waals surface area (Å²) in [7, 11) is 0. The molecular weight excluding hydrogens is 388 g/mol. The van der Waals surface area contributed by atoms with Gasteiger partial charge < -0.3 is 4.74 Å². The average molecular weight is 409 g/mol. The molecule has 0 bridgehead atoms. The Kier molecular flexibility index (Phi) is 3.99. The second-order valence-corrected chi connectivity index (χ2v) is 8.95. The Morgan fingerprint density at radius 3 is 2.67 bits per heavy atom. The minimum Gasteiger partial charge on any atom is -0.485 e. The van der Waals surface area contributed by atoms with Crippen LogP contribution in [0.1, 0.15) is 22.6 Å². The quantitative estimate of drug-likeness (QED) is 0.385. The Hall–Kier alpha value is -3.37. The molecule has 4 aromatic rings. The van der Waals surface area contributed by atoms with Crippen LogP contribution in [-0.2, 0) is 0 Å². The summed E-state index contributed by atoms with van der Waals surface area (Å²) in [6.45, 7) is 2.14. The smallest absolute Gasteiger partial charge is 0.155 e. The van der Waals surface area contributed by atoms with Crippen LogP contribution in [0.2, 0.25) is 0 Å². The molecule has 4 heteroatoms. The highest BCUT2D eigenvalue weighted by Gasteiger charge is 2.30. The first-order chi connectivity index (χ1) is 14.8. The van der Waals surface area contributed by atoms with Gasteiger partial charge in [-0.25, -0.2) is 4.98 Å². The Balaban J connectivity index is 1.47. The highest BCUT2D eigenvalue weighted by atomic mass is 32.1. The van der Waals surface area contributed by atoms with Gasteiger partial charge in [-0.15, -0.1) is 11.3 Å². The van der Waals surface area contributed by atoms with Gasteiger partial charge in [0.2, 0.25) is 0 Å². The molecule has 1 atom stereocenters. The fourth-order valence-electron chi connectivity index (χ4n) is 4.22. The predicted octanol–water partition coefficient (Wildman–Crippen LogP) is 6.54. The van der Waals surface area contributed by atoms with Gasteiger partial charge in [-0.2, -0.15) is 0 Å². The largest absolute Gasteiger partial charge is 0.485 e. The number of aromatic nitrogens is 2. The number of rotatable bonds is 3. The van der Waals surface area contributed by atoms with Gasteiger partial charge in [0.15, 0.2) is 5.82 Å². The van der Waals surface area contributed by atoms with E-state index in [2.05, 4.69) is 84.4 Å². The highest BCUT2D eigenvalue weighted by molar-refractivity contribution is 7.15. The van der Waals surface area contributed by atoms with Crippen LogP contribution in [-0.4, -0.2) is 15.7 Å². The van der Waals surface area contributed by atoms with Crippen molar-refractivity contribution >= 4 is 22.5 Å². The van der Waals surface area contributed by atoms with Crippen molar-refractivity contribution in [3.05, 3.63) is 101 Å². The SMILES string of the molecule is Cc1ccc(-c2nc(C3=CCC4Oc5ccccc5C4=C3)cn2-c2ccccc2)s1. The number of imidazole rings is 1. The molecule has 6 rings (SSSR count). The van der Waals surface area contributed by atoms with Crippen molar-refractivity contribution in [3.8, 4) is 22.1 Å². The minimum absolute atomic E-state index is 0.113. The first-order valence-corrected chi connectivity index (χ1v) is 11.0. The zero-order valence-corrected chi connectivity index (χ0v) is 17.4. The lowest BCUT2D eigenvalue weighted by molar-refractivity contribution is 0.279. The molecule has 2 aliphatic rings. The lowest BCUT2D eigenvalue weighted by Crippen LogP contribution is -2.13. The van der Waals surface area contributed by atoms with Gasteiger partial charge in [0.1, 0.15) is 11.9 Å². The summed E-state index contributed by atoms with van der Waals surface area (Å²) in [5, 5.41) is 0. The number of allylic oxidation sites excluding steroid dienone is 2. The van der Waals surface area contributed by atoms with Crippen LogP contribution in [0.3, 0.4) is 0 Å². The summed E-state index contributed by atoms with van der Waals surface area (Å²) in [5.74, 6) is 1.96. The summed E-state index contributed by atoms with van der Waals surface area (Å²) in [6, 6.07) is 23.0. The normalized spacial score (nSPS) is 17.0. The summed E-state index contributed by atoms with van der Waals surface area (Å²) < 4.78 is 8.33. The first kappa shape index (κ1) is 17.5. The van der Waals surface area contributed by atoms with Crippen molar-refractivity contribution < 1.29 is 4.74 Å². The van der Waals surface area contributed by atoms with E-state index in [0.29, 0.717) is 0 Å². The Labute approximate surface area is 179 Å². The molecule has 30 heavy (non-hydrogen) atoms. The van der Waals surface area contributed by atoms with Crippen molar-refractivity contribution in [2.45, 2.75) is 19.4 Å². The van der Waals surface area contributed by atoms with E-state index in [9.17, 15) is 0 Å². The van der Waals surface area contributed by atoms with Gasteiger partial charge in [-0.1, -0.05) is 42.5 Å². The Bertz CT molecular complexity index is 1310. The maximum Gasteiger partial charge on any atom is 0.155 e. The molecular formula is C26H20N2OS. The average Bonchev–Trinajstić information content (AvgIpc) is 3.50. The van der Waals surface area contributed by atoms with Crippen LogP contribution >= 0.6 is 11.3 Å². The number of benzene rings is 2. The number of fused-ring (bicyclic) bond motifs is 3. The van der Waals surface area contributed by atoms with Crippen LogP contribution in [0.4, 0.5) is 0 Å².